The van der Waals surface area contributed by atoms with Crippen LogP contribution in [0.25, 0.3) is 0 Å². The molecule has 0 fully saturated rings. The van der Waals surface area contributed by atoms with Crippen molar-refractivity contribution in [3.05, 3.63) is 71.3 Å². The summed E-state index contributed by atoms with van der Waals surface area (Å²) < 4.78 is 5.84. The number of methoxy groups -OCH3 is 1. The number of ether oxygens (including phenoxy) is 1. The van der Waals surface area contributed by atoms with Gasteiger partial charge in [0.25, 0.3) is 0 Å². The van der Waals surface area contributed by atoms with Crippen LogP contribution in [0.1, 0.15) is 173 Å². The number of carbonyl (C=O) groups is 2. The van der Waals surface area contributed by atoms with Crippen LogP contribution >= 0.6 is 0 Å². The van der Waals surface area contributed by atoms with Crippen LogP contribution in [0.5, 0.6) is 0 Å². The summed E-state index contributed by atoms with van der Waals surface area (Å²) in [6.45, 7) is 28.7. The Hall–Kier alpha value is -2.37. The number of hydrogen-bond donors (Lipinski definition) is 1. The molecule has 0 amide bonds. The van der Waals surface area contributed by atoms with Gasteiger partial charge in [-0.25, -0.2) is 4.79 Å². The zero-order chi connectivity index (χ0) is 32.1. The van der Waals surface area contributed by atoms with Crippen LogP contribution in [0.15, 0.2) is 54.6 Å². The summed E-state index contributed by atoms with van der Waals surface area (Å²) in [5.74, 6) is 0.213. The number of halogens is 1. The van der Waals surface area contributed by atoms with Gasteiger partial charge in [-0.1, -0.05) is 122 Å². The number of quaternary nitrogens is 1. The van der Waals surface area contributed by atoms with Crippen LogP contribution in [-0.4, -0.2) is 54.8 Å². The first kappa shape index (κ1) is 67.7. The summed E-state index contributed by atoms with van der Waals surface area (Å²) in [5, 5.41) is 8.67. The summed E-state index contributed by atoms with van der Waals surface area (Å²) in [5.41, 5.74) is 2.69. The average Bonchev–Trinajstić information content (AvgIpc) is 3.02. The molecule has 0 aromatic heterocycles. The number of carbonyl (C=O) groups excluding carboxylic acids is 1. The fourth-order valence-corrected chi connectivity index (χ4v) is 3.97. The Morgan fingerprint density at radius 2 is 1.00 bits per heavy atom. The third kappa shape index (κ3) is 26.6. The second kappa shape index (κ2) is 37.4. The summed E-state index contributed by atoms with van der Waals surface area (Å²) >= 11 is 0. The molecule has 0 spiro atoms. The molecule has 0 saturated heterocycles. The summed E-state index contributed by atoms with van der Waals surface area (Å²) in [7, 11) is 1.42. The highest BCUT2D eigenvalue weighted by molar-refractivity contribution is 5.87. The van der Waals surface area contributed by atoms with Crippen molar-refractivity contribution in [1.82, 2.24) is 0 Å². The van der Waals surface area contributed by atoms with Crippen molar-refractivity contribution >= 4 is 11.9 Å². The lowest BCUT2D eigenvalue weighted by Gasteiger charge is -2.34. The zero-order valence-corrected chi connectivity index (χ0v) is 29.6. The van der Waals surface area contributed by atoms with Crippen LogP contribution in [-0.2, 0) is 9.53 Å². The molecule has 0 radical (unpaired) electrons. The second-order valence-corrected chi connectivity index (χ2v) is 11.3. The maximum absolute atomic E-state index is 10.8. The fraction of sp³-hybridized carbons (Fsp3) is 0.667. The number of hydrogen-bond acceptors (Lipinski definition) is 3. The molecule has 0 aliphatic carbocycles. The third-order valence-corrected chi connectivity index (χ3v) is 8.63. The van der Waals surface area contributed by atoms with Gasteiger partial charge in [0.05, 0.1) is 44.3 Å². The summed E-state index contributed by atoms with van der Waals surface area (Å²) in [4.78, 5) is 21.4. The SMILES string of the molecule is C.C.C.C.C.C.CCC(C)(C)C(=O)OC.CCC(C)c1ccc(C(=O)O)cc1.CCC(C)c1ccccc1.CC[N+](CC)(CC)CC.[Cl-]. The van der Waals surface area contributed by atoms with Gasteiger partial charge >= 0.3 is 11.9 Å². The predicted octanol–water partition coefficient (Wildman–Crippen LogP) is 10.4. The molecule has 0 saturated carbocycles. The minimum atomic E-state index is -0.865. The van der Waals surface area contributed by atoms with Crippen molar-refractivity contribution in [3.8, 4) is 0 Å². The van der Waals surface area contributed by atoms with E-state index < -0.39 is 5.97 Å². The molecule has 5 nitrogen and oxygen atoms in total. The Morgan fingerprint density at radius 3 is 1.21 bits per heavy atom. The maximum atomic E-state index is 10.8. The monoisotopic (exact) mass is 704 g/mol. The van der Waals surface area contributed by atoms with Gasteiger partial charge in [0.2, 0.25) is 0 Å². The lowest BCUT2D eigenvalue weighted by Crippen LogP contribution is -3.00. The Labute approximate surface area is 309 Å². The molecule has 2 atom stereocenters. The minimum absolute atomic E-state index is 0. The number of carboxylic acid groups (broad SMARTS) is 1. The van der Waals surface area contributed by atoms with Gasteiger partial charge in [-0.15, -0.1) is 0 Å². The maximum Gasteiger partial charge on any atom is 0.335 e. The Kier molecular flexibility index (Phi) is 52.8. The van der Waals surface area contributed by atoms with E-state index in [0.29, 0.717) is 17.4 Å². The number of rotatable bonds is 11. The highest BCUT2D eigenvalue weighted by atomic mass is 35.5. The molecule has 0 aliphatic rings. The molecule has 48 heavy (non-hydrogen) atoms. The second-order valence-electron chi connectivity index (χ2n) is 11.3. The smallest absolute Gasteiger partial charge is 0.335 e. The molecule has 2 aromatic rings. The number of aromatic carboxylic acids is 1. The van der Waals surface area contributed by atoms with E-state index in [1.54, 1.807) is 12.1 Å². The molecule has 2 aromatic carbocycles. The first-order valence-corrected chi connectivity index (χ1v) is 15.6. The lowest BCUT2D eigenvalue weighted by molar-refractivity contribution is -0.921. The molecular weight excluding hydrogens is 618 g/mol. The van der Waals surface area contributed by atoms with Crippen LogP contribution in [0, 0.1) is 5.41 Å². The van der Waals surface area contributed by atoms with E-state index in [1.165, 1.54) is 55.3 Å². The topological polar surface area (TPSA) is 63.6 Å². The van der Waals surface area contributed by atoms with E-state index in [2.05, 4.69) is 90.5 Å². The largest absolute Gasteiger partial charge is 1.00 e. The van der Waals surface area contributed by atoms with Crippen LogP contribution in [0.3, 0.4) is 0 Å². The third-order valence-electron chi connectivity index (χ3n) is 8.63. The first-order chi connectivity index (χ1) is 19.3. The van der Waals surface area contributed by atoms with E-state index in [0.717, 1.165) is 12.8 Å². The fourth-order valence-electron chi connectivity index (χ4n) is 3.97. The van der Waals surface area contributed by atoms with Crippen molar-refractivity contribution in [2.75, 3.05) is 33.3 Å². The van der Waals surface area contributed by atoms with E-state index in [-0.39, 0.29) is 68.4 Å². The normalized spacial score (nSPS) is 10.4. The number of carboxylic acids is 1. The van der Waals surface area contributed by atoms with E-state index >= 15 is 0 Å². The number of esters is 1. The molecule has 0 aliphatic heterocycles. The molecule has 6 heteroatoms. The van der Waals surface area contributed by atoms with Crippen molar-refractivity contribution in [1.29, 1.82) is 0 Å². The van der Waals surface area contributed by atoms with Gasteiger partial charge in [0.15, 0.2) is 0 Å². The van der Waals surface area contributed by atoms with Gasteiger partial charge in [0, 0.05) is 0 Å². The molecule has 290 valence electrons. The molecule has 2 rings (SSSR count). The van der Waals surface area contributed by atoms with Crippen molar-refractivity contribution in [3.63, 3.8) is 0 Å². The van der Waals surface area contributed by atoms with Crippen LogP contribution < -0.4 is 12.4 Å². The van der Waals surface area contributed by atoms with Gasteiger partial charge < -0.3 is 26.7 Å². The molecular formula is C42H86ClNO4. The first-order valence-electron chi connectivity index (χ1n) is 15.6. The van der Waals surface area contributed by atoms with E-state index in [9.17, 15) is 9.59 Å². The molecule has 1 N–H and O–H groups in total. The van der Waals surface area contributed by atoms with Gasteiger partial charge in [-0.3, -0.25) is 4.79 Å². The minimum Gasteiger partial charge on any atom is -1.00 e. The van der Waals surface area contributed by atoms with E-state index in [4.69, 9.17) is 5.11 Å². The van der Waals surface area contributed by atoms with Gasteiger partial charge in [0.1, 0.15) is 0 Å². The number of benzene rings is 2. The Morgan fingerprint density at radius 1 is 0.667 bits per heavy atom. The lowest BCUT2D eigenvalue weighted by atomic mass is 9.91. The van der Waals surface area contributed by atoms with Gasteiger partial charge in [-0.2, -0.15) is 0 Å². The van der Waals surface area contributed by atoms with Crippen molar-refractivity contribution in [2.45, 2.75) is 152 Å². The highest BCUT2D eigenvalue weighted by Crippen LogP contribution is 2.21. The highest BCUT2D eigenvalue weighted by Gasteiger charge is 2.25. The predicted molar refractivity (Wildman–Crippen MR) is 216 cm³/mol. The molecule has 2 unspecified atom stereocenters. The molecule has 0 bridgehead atoms. The zero-order valence-electron chi connectivity index (χ0n) is 28.8. The van der Waals surface area contributed by atoms with Crippen molar-refractivity contribution < 1.29 is 36.3 Å². The van der Waals surface area contributed by atoms with E-state index in [1.807, 2.05) is 32.9 Å². The van der Waals surface area contributed by atoms with Crippen LogP contribution in [0.2, 0.25) is 0 Å². The van der Waals surface area contributed by atoms with Crippen LogP contribution in [0.4, 0.5) is 0 Å². The average molecular weight is 705 g/mol. The number of nitrogens with zero attached hydrogens (tertiary/aromatic N) is 1. The standard InChI is InChI=1S/C11H14O2.C10H14.C8H20N.C7H14O2.6CH4.ClH/c1-3-8(2)9-4-6-10(7-5-9)11(12)13;1-3-9(2)10-7-5-4-6-8-10;1-5-9(6-2,7-3)8-4;1-5-7(2,3)6(8)9-4;;;;;;;/h4-8H,3H2,1-2H3,(H,12,13);4-9H,3H2,1-2H3;5-8H2,1-4H3;5H2,1-4H3;6*1H4;1H/q;;+1;;;;;;;;/p-1. The summed E-state index contributed by atoms with van der Waals surface area (Å²) in [6.07, 6.45) is 3.12. The quantitative estimate of drug-likeness (QED) is 0.187. The molecule has 0 heterocycles. The van der Waals surface area contributed by atoms with Crippen molar-refractivity contribution in [2.24, 2.45) is 5.41 Å². The Balaban J connectivity index is -0.0000000582. The van der Waals surface area contributed by atoms with Gasteiger partial charge in [-0.05, 0) is 95.9 Å². The summed E-state index contributed by atoms with van der Waals surface area (Å²) in [6, 6.07) is 17.7. The Bertz CT molecular complexity index is 924.